The van der Waals surface area contributed by atoms with Gasteiger partial charge in [0.2, 0.25) is 0 Å². The van der Waals surface area contributed by atoms with Gasteiger partial charge in [-0.1, -0.05) is 19.3 Å². The van der Waals surface area contributed by atoms with Crippen molar-refractivity contribution in [1.29, 1.82) is 5.26 Å². The van der Waals surface area contributed by atoms with Gasteiger partial charge < -0.3 is 10.5 Å². The minimum atomic E-state index is -0.349. The Labute approximate surface area is 113 Å². The van der Waals surface area contributed by atoms with Crippen molar-refractivity contribution >= 4 is 0 Å². The maximum absolute atomic E-state index is 13.2. The third kappa shape index (κ3) is 3.76. The highest BCUT2D eigenvalue weighted by Crippen LogP contribution is 2.26. The molecule has 0 radical (unpaired) electrons. The summed E-state index contributed by atoms with van der Waals surface area (Å²) in [5.41, 5.74) is 7.05. The first-order chi connectivity index (χ1) is 9.13. The number of rotatable bonds is 4. The van der Waals surface area contributed by atoms with E-state index in [1.165, 1.54) is 24.6 Å². The van der Waals surface area contributed by atoms with E-state index in [9.17, 15) is 4.39 Å². The molecule has 0 heterocycles. The van der Waals surface area contributed by atoms with Gasteiger partial charge in [0.15, 0.2) is 0 Å². The Morgan fingerprint density at radius 1 is 1.32 bits per heavy atom. The molecule has 0 atom stereocenters. The fourth-order valence-electron chi connectivity index (χ4n) is 2.56. The minimum Gasteiger partial charge on any atom is -0.375 e. The lowest BCUT2D eigenvalue weighted by atomic mass is 9.83. The van der Waals surface area contributed by atoms with E-state index in [4.69, 9.17) is 15.7 Å². The zero-order chi connectivity index (χ0) is 13.7. The van der Waals surface area contributed by atoms with Gasteiger partial charge in [-0.25, -0.2) is 4.39 Å². The van der Waals surface area contributed by atoms with E-state index in [0.717, 1.165) is 25.7 Å². The molecule has 0 aliphatic heterocycles. The van der Waals surface area contributed by atoms with Crippen LogP contribution < -0.4 is 5.73 Å². The Balaban J connectivity index is 1.92. The summed E-state index contributed by atoms with van der Waals surface area (Å²) < 4.78 is 18.8. The van der Waals surface area contributed by atoms with Crippen molar-refractivity contribution in [1.82, 2.24) is 0 Å². The number of hydrogen-bond acceptors (Lipinski definition) is 3. The zero-order valence-electron chi connectivity index (χ0n) is 11.0. The van der Waals surface area contributed by atoms with Gasteiger partial charge in [0.25, 0.3) is 0 Å². The van der Waals surface area contributed by atoms with E-state index in [2.05, 4.69) is 0 Å². The van der Waals surface area contributed by atoms with Gasteiger partial charge in [-0.15, -0.1) is 0 Å². The van der Waals surface area contributed by atoms with E-state index in [-0.39, 0.29) is 18.0 Å². The highest BCUT2D eigenvalue weighted by molar-refractivity contribution is 5.37. The lowest BCUT2D eigenvalue weighted by Gasteiger charge is -2.33. The molecule has 0 unspecified atom stereocenters. The number of nitriles is 1. The molecule has 2 rings (SSSR count). The van der Waals surface area contributed by atoms with Crippen LogP contribution in [0, 0.1) is 17.1 Å². The van der Waals surface area contributed by atoms with Crippen molar-refractivity contribution in [2.24, 2.45) is 5.73 Å². The molecule has 1 aromatic rings. The molecule has 0 aromatic heterocycles. The highest BCUT2D eigenvalue weighted by Gasteiger charge is 2.27. The molecule has 4 heteroatoms. The summed E-state index contributed by atoms with van der Waals surface area (Å²) in [5.74, 6) is -0.349. The van der Waals surface area contributed by atoms with Crippen molar-refractivity contribution in [3.63, 3.8) is 0 Å². The van der Waals surface area contributed by atoms with Crippen LogP contribution in [0.25, 0.3) is 0 Å². The van der Waals surface area contributed by atoms with Gasteiger partial charge in [0, 0.05) is 5.54 Å². The van der Waals surface area contributed by atoms with Crippen LogP contribution in [0.3, 0.4) is 0 Å². The van der Waals surface area contributed by atoms with Crippen molar-refractivity contribution in [3.05, 3.63) is 35.1 Å². The number of benzene rings is 1. The Kier molecular flexibility index (Phi) is 4.52. The SMILES string of the molecule is N#Cc1ccc(F)cc1COCC1(N)CCCCC1. The van der Waals surface area contributed by atoms with Crippen LogP contribution in [0.2, 0.25) is 0 Å². The van der Waals surface area contributed by atoms with E-state index in [0.29, 0.717) is 17.7 Å². The summed E-state index contributed by atoms with van der Waals surface area (Å²) in [5, 5.41) is 8.96. The van der Waals surface area contributed by atoms with Crippen molar-refractivity contribution in [2.45, 2.75) is 44.2 Å². The average molecular weight is 262 g/mol. The van der Waals surface area contributed by atoms with Crippen LogP contribution >= 0.6 is 0 Å². The molecular formula is C15H19FN2O. The second-order valence-electron chi connectivity index (χ2n) is 5.33. The number of nitrogens with two attached hydrogens (primary N) is 1. The van der Waals surface area contributed by atoms with E-state index in [1.54, 1.807) is 0 Å². The molecule has 1 fully saturated rings. The summed E-state index contributed by atoms with van der Waals surface area (Å²) in [4.78, 5) is 0. The molecule has 0 spiro atoms. The minimum absolute atomic E-state index is 0.236. The first-order valence-corrected chi connectivity index (χ1v) is 6.68. The van der Waals surface area contributed by atoms with Crippen LogP contribution in [0.15, 0.2) is 18.2 Å². The van der Waals surface area contributed by atoms with Crippen molar-refractivity contribution < 1.29 is 9.13 Å². The maximum Gasteiger partial charge on any atom is 0.123 e. The lowest BCUT2D eigenvalue weighted by molar-refractivity contribution is 0.0572. The standard InChI is InChI=1S/C15H19FN2O/c16-14-5-4-12(9-17)13(8-14)10-19-11-15(18)6-2-1-3-7-15/h4-5,8H,1-3,6-7,10-11,18H2. The van der Waals surface area contributed by atoms with Crippen LogP contribution in [-0.2, 0) is 11.3 Å². The molecule has 1 saturated carbocycles. The Morgan fingerprint density at radius 3 is 2.74 bits per heavy atom. The highest BCUT2D eigenvalue weighted by atomic mass is 19.1. The molecule has 0 amide bonds. The summed E-state index contributed by atoms with van der Waals surface area (Å²) >= 11 is 0. The fourth-order valence-corrected chi connectivity index (χ4v) is 2.56. The van der Waals surface area contributed by atoms with Crippen LogP contribution in [0.1, 0.15) is 43.2 Å². The topological polar surface area (TPSA) is 59.0 Å². The first kappa shape index (κ1) is 14.0. The monoisotopic (exact) mass is 262 g/mol. The molecule has 1 aliphatic rings. The number of halogens is 1. The third-order valence-electron chi connectivity index (χ3n) is 3.68. The quantitative estimate of drug-likeness (QED) is 0.907. The zero-order valence-corrected chi connectivity index (χ0v) is 11.0. The second kappa shape index (κ2) is 6.14. The third-order valence-corrected chi connectivity index (χ3v) is 3.68. The molecule has 1 aromatic carbocycles. The van der Waals surface area contributed by atoms with Crippen molar-refractivity contribution in [3.8, 4) is 6.07 Å². The summed E-state index contributed by atoms with van der Waals surface area (Å²) in [6.07, 6.45) is 5.47. The summed E-state index contributed by atoms with van der Waals surface area (Å²) in [6, 6.07) is 6.16. The van der Waals surface area contributed by atoms with Gasteiger partial charge >= 0.3 is 0 Å². The maximum atomic E-state index is 13.2. The summed E-state index contributed by atoms with van der Waals surface area (Å²) in [6.45, 7) is 0.702. The Morgan fingerprint density at radius 2 is 2.05 bits per heavy atom. The summed E-state index contributed by atoms with van der Waals surface area (Å²) in [7, 11) is 0. The van der Waals surface area contributed by atoms with Crippen molar-refractivity contribution in [2.75, 3.05) is 6.61 Å². The molecule has 102 valence electrons. The van der Waals surface area contributed by atoms with Gasteiger partial charge in [0.05, 0.1) is 24.8 Å². The molecule has 0 bridgehead atoms. The number of nitrogens with zero attached hydrogens (tertiary/aromatic N) is 1. The molecule has 19 heavy (non-hydrogen) atoms. The van der Waals surface area contributed by atoms with Gasteiger partial charge in [-0.05, 0) is 36.6 Å². The Bertz CT molecular complexity index is 476. The predicted octanol–water partition coefficient (Wildman–Crippen LogP) is 2.88. The average Bonchev–Trinajstić information content (AvgIpc) is 2.40. The van der Waals surface area contributed by atoms with Gasteiger partial charge in [0.1, 0.15) is 5.82 Å². The molecule has 3 nitrogen and oxygen atoms in total. The van der Waals surface area contributed by atoms with Gasteiger partial charge in [-0.3, -0.25) is 0 Å². The molecule has 0 saturated heterocycles. The Hall–Kier alpha value is -1.44. The van der Waals surface area contributed by atoms with Crippen LogP contribution in [-0.4, -0.2) is 12.1 Å². The fraction of sp³-hybridized carbons (Fsp3) is 0.533. The molecule has 2 N–H and O–H groups in total. The normalized spacial score (nSPS) is 17.9. The molecule has 1 aliphatic carbocycles. The van der Waals surface area contributed by atoms with E-state index in [1.807, 2.05) is 6.07 Å². The van der Waals surface area contributed by atoms with Crippen LogP contribution in [0.4, 0.5) is 4.39 Å². The number of ether oxygens (including phenoxy) is 1. The second-order valence-corrected chi connectivity index (χ2v) is 5.33. The largest absolute Gasteiger partial charge is 0.375 e. The van der Waals surface area contributed by atoms with E-state index >= 15 is 0 Å². The first-order valence-electron chi connectivity index (χ1n) is 6.68. The van der Waals surface area contributed by atoms with Gasteiger partial charge in [-0.2, -0.15) is 5.26 Å². The molecular weight excluding hydrogens is 243 g/mol. The lowest BCUT2D eigenvalue weighted by Crippen LogP contribution is -2.46. The number of hydrogen-bond donors (Lipinski definition) is 1. The smallest absolute Gasteiger partial charge is 0.123 e. The van der Waals surface area contributed by atoms with E-state index < -0.39 is 0 Å². The van der Waals surface area contributed by atoms with Crippen LogP contribution in [0.5, 0.6) is 0 Å². The predicted molar refractivity (Wildman–Crippen MR) is 70.8 cm³/mol.